The Morgan fingerprint density at radius 3 is 3.00 bits per heavy atom. The van der Waals surface area contributed by atoms with E-state index in [1.807, 2.05) is 0 Å². The predicted molar refractivity (Wildman–Crippen MR) is 100 cm³/mol. The number of aryl methyl sites for hydroxylation is 2. The lowest BCUT2D eigenvalue weighted by Gasteiger charge is -2.10. The largest absolute Gasteiger partial charge is 0.459 e. The van der Waals surface area contributed by atoms with Crippen molar-refractivity contribution in [3.8, 4) is 11.7 Å². The molecule has 9 heteroatoms. The van der Waals surface area contributed by atoms with E-state index in [4.69, 9.17) is 19.6 Å². The topological polar surface area (TPSA) is 104 Å². The highest BCUT2D eigenvalue weighted by Crippen LogP contribution is 2.38. The number of furan rings is 1. The van der Waals surface area contributed by atoms with Gasteiger partial charge in [0.05, 0.1) is 17.4 Å². The van der Waals surface area contributed by atoms with Crippen molar-refractivity contribution >= 4 is 39.1 Å². The van der Waals surface area contributed by atoms with Crippen LogP contribution in [0.1, 0.15) is 29.1 Å². The van der Waals surface area contributed by atoms with Gasteiger partial charge in [0.1, 0.15) is 16.5 Å². The second-order valence-electron chi connectivity index (χ2n) is 6.06. The molecule has 0 fully saturated rings. The summed E-state index contributed by atoms with van der Waals surface area (Å²) in [6.07, 6.45) is 6.22. The first-order valence-corrected chi connectivity index (χ1v) is 10.1. The predicted octanol–water partition coefficient (Wildman–Crippen LogP) is 4.09. The van der Waals surface area contributed by atoms with Gasteiger partial charge in [-0.05, 0) is 43.4 Å². The average molecular weight is 385 g/mol. The fourth-order valence-corrected chi connectivity index (χ4v) is 5.10. The minimum absolute atomic E-state index is 0.360. The maximum atomic E-state index is 6.25. The van der Waals surface area contributed by atoms with E-state index in [9.17, 15) is 0 Å². The molecule has 0 amide bonds. The van der Waals surface area contributed by atoms with Gasteiger partial charge in [-0.25, -0.2) is 9.97 Å². The van der Waals surface area contributed by atoms with Crippen LogP contribution in [-0.2, 0) is 18.6 Å². The van der Waals surface area contributed by atoms with Crippen LogP contribution in [0.25, 0.3) is 21.9 Å². The number of thiophene rings is 1. The number of hydrogen-bond donors (Lipinski definition) is 1. The molecule has 0 spiro atoms. The van der Waals surface area contributed by atoms with Gasteiger partial charge in [0.15, 0.2) is 5.76 Å². The Bertz CT molecular complexity index is 1070. The molecule has 0 saturated heterocycles. The summed E-state index contributed by atoms with van der Waals surface area (Å²) in [6, 6.07) is 3.55. The Kier molecular flexibility index (Phi) is 3.90. The summed E-state index contributed by atoms with van der Waals surface area (Å²) in [6.45, 7) is 0. The lowest BCUT2D eigenvalue weighted by Crippen LogP contribution is -2.02. The fraction of sp³-hybridized carbons (Fsp3) is 0.294. The monoisotopic (exact) mass is 385 g/mol. The fourth-order valence-electron chi connectivity index (χ4n) is 3.19. The van der Waals surface area contributed by atoms with Gasteiger partial charge in [0.2, 0.25) is 0 Å². The van der Waals surface area contributed by atoms with Crippen LogP contribution in [-0.4, -0.2) is 20.2 Å². The van der Waals surface area contributed by atoms with Crippen molar-refractivity contribution in [3.63, 3.8) is 0 Å². The van der Waals surface area contributed by atoms with E-state index in [0.29, 0.717) is 34.3 Å². The molecule has 5 rings (SSSR count). The number of nitrogens with two attached hydrogens (primary N) is 1. The van der Waals surface area contributed by atoms with E-state index in [0.717, 1.165) is 23.1 Å². The minimum atomic E-state index is 0.360. The Balaban J connectivity index is 1.38. The molecule has 2 N–H and O–H groups in total. The first-order valence-electron chi connectivity index (χ1n) is 8.35. The van der Waals surface area contributed by atoms with Gasteiger partial charge in [0, 0.05) is 4.88 Å². The first kappa shape index (κ1) is 15.8. The van der Waals surface area contributed by atoms with Crippen molar-refractivity contribution in [3.05, 3.63) is 34.7 Å². The van der Waals surface area contributed by atoms with Crippen molar-refractivity contribution in [1.29, 1.82) is 0 Å². The molecule has 0 aromatic carbocycles. The van der Waals surface area contributed by atoms with E-state index in [1.54, 1.807) is 29.7 Å². The molecule has 0 radical (unpaired) electrons. The van der Waals surface area contributed by atoms with Crippen LogP contribution in [0.4, 0.5) is 5.82 Å². The lowest BCUT2D eigenvalue weighted by atomic mass is 9.97. The Labute approximate surface area is 157 Å². The number of nitrogens with zero attached hydrogens (tertiary/aromatic N) is 4. The summed E-state index contributed by atoms with van der Waals surface area (Å²) in [7, 11) is 0. The number of thioether (sulfide) groups is 1. The van der Waals surface area contributed by atoms with Crippen LogP contribution in [0.2, 0.25) is 0 Å². The summed E-state index contributed by atoms with van der Waals surface area (Å²) in [5, 5.41) is 9.52. The van der Waals surface area contributed by atoms with Gasteiger partial charge in [-0.3, -0.25) is 0 Å². The molecular weight excluding hydrogens is 370 g/mol. The molecule has 0 bridgehead atoms. The van der Waals surface area contributed by atoms with Gasteiger partial charge in [-0.1, -0.05) is 11.8 Å². The highest BCUT2D eigenvalue weighted by atomic mass is 32.2. The summed E-state index contributed by atoms with van der Waals surface area (Å²) in [5.41, 5.74) is 7.60. The Morgan fingerprint density at radius 2 is 2.12 bits per heavy atom. The molecule has 4 heterocycles. The third-order valence-electron chi connectivity index (χ3n) is 4.35. The number of aromatic nitrogens is 4. The third kappa shape index (κ3) is 2.77. The normalized spacial score (nSPS) is 14.0. The molecule has 4 aromatic rings. The van der Waals surface area contributed by atoms with E-state index >= 15 is 0 Å². The number of rotatable bonds is 4. The van der Waals surface area contributed by atoms with E-state index in [1.165, 1.54) is 35.0 Å². The molecule has 7 nitrogen and oxygen atoms in total. The quantitative estimate of drug-likeness (QED) is 0.524. The van der Waals surface area contributed by atoms with E-state index in [2.05, 4.69) is 15.2 Å². The molecule has 132 valence electrons. The van der Waals surface area contributed by atoms with Gasteiger partial charge < -0.3 is 14.6 Å². The third-order valence-corrected chi connectivity index (χ3v) is 6.35. The number of hydrogen-bond acceptors (Lipinski definition) is 9. The number of fused-ring (bicyclic) bond motifs is 3. The van der Waals surface area contributed by atoms with Crippen LogP contribution < -0.4 is 5.73 Å². The van der Waals surface area contributed by atoms with Crippen molar-refractivity contribution < 1.29 is 8.83 Å². The molecule has 0 unspecified atom stereocenters. The molecule has 0 atom stereocenters. The highest BCUT2D eigenvalue weighted by molar-refractivity contribution is 7.98. The highest BCUT2D eigenvalue weighted by Gasteiger charge is 2.20. The van der Waals surface area contributed by atoms with Crippen LogP contribution in [0.5, 0.6) is 0 Å². The maximum absolute atomic E-state index is 6.25. The second-order valence-corrected chi connectivity index (χ2v) is 8.07. The van der Waals surface area contributed by atoms with Crippen LogP contribution in [0.3, 0.4) is 0 Å². The zero-order chi connectivity index (χ0) is 17.5. The standard InChI is InChI=1S/C17H15N5O2S2/c18-14-13-9-4-1-2-6-11(9)26-16(13)20-12(19-14)8-25-17-22-21-15(24-17)10-5-3-7-23-10/h3,5,7H,1-2,4,6,8H2,(H2,18,19,20). The van der Waals surface area contributed by atoms with Crippen molar-refractivity contribution in [2.45, 2.75) is 36.7 Å². The Morgan fingerprint density at radius 1 is 1.19 bits per heavy atom. The van der Waals surface area contributed by atoms with Crippen LogP contribution >= 0.6 is 23.1 Å². The summed E-state index contributed by atoms with van der Waals surface area (Å²) in [4.78, 5) is 11.6. The summed E-state index contributed by atoms with van der Waals surface area (Å²) < 4.78 is 10.9. The molecular formula is C17H15N5O2S2. The zero-order valence-electron chi connectivity index (χ0n) is 13.8. The molecule has 4 aromatic heterocycles. The van der Waals surface area contributed by atoms with Gasteiger partial charge in [0.25, 0.3) is 11.1 Å². The molecule has 26 heavy (non-hydrogen) atoms. The van der Waals surface area contributed by atoms with Crippen LogP contribution in [0, 0.1) is 0 Å². The maximum Gasteiger partial charge on any atom is 0.284 e. The molecule has 0 saturated carbocycles. The number of nitrogen functional groups attached to an aromatic ring is 1. The zero-order valence-corrected chi connectivity index (χ0v) is 15.4. The van der Waals surface area contributed by atoms with Crippen LogP contribution in [0.15, 0.2) is 32.5 Å². The SMILES string of the molecule is Nc1nc(CSc2nnc(-c3ccco3)o2)nc2sc3c(c12)CCCC3. The van der Waals surface area contributed by atoms with E-state index < -0.39 is 0 Å². The van der Waals surface area contributed by atoms with Gasteiger partial charge in [-0.15, -0.1) is 21.5 Å². The smallest absolute Gasteiger partial charge is 0.284 e. The summed E-state index contributed by atoms with van der Waals surface area (Å²) >= 11 is 3.13. The van der Waals surface area contributed by atoms with Gasteiger partial charge in [-0.2, -0.15) is 0 Å². The average Bonchev–Trinajstić information content (AvgIpc) is 3.37. The Hall–Kier alpha value is -2.39. The van der Waals surface area contributed by atoms with Crippen molar-refractivity contribution in [1.82, 2.24) is 20.2 Å². The summed E-state index contributed by atoms with van der Waals surface area (Å²) in [5.74, 6) is 2.68. The minimum Gasteiger partial charge on any atom is -0.459 e. The second kappa shape index (κ2) is 6.40. The molecule has 1 aliphatic rings. The van der Waals surface area contributed by atoms with Crippen molar-refractivity contribution in [2.75, 3.05) is 5.73 Å². The number of anilines is 1. The first-order chi connectivity index (χ1) is 12.8. The van der Waals surface area contributed by atoms with Crippen molar-refractivity contribution in [2.24, 2.45) is 0 Å². The van der Waals surface area contributed by atoms with Gasteiger partial charge >= 0.3 is 0 Å². The van der Waals surface area contributed by atoms with E-state index in [-0.39, 0.29) is 0 Å². The lowest BCUT2D eigenvalue weighted by molar-refractivity contribution is 0.447. The molecule has 0 aliphatic heterocycles. The molecule has 1 aliphatic carbocycles.